The van der Waals surface area contributed by atoms with Crippen LogP contribution in [0.25, 0.3) is 0 Å². The predicted molar refractivity (Wildman–Crippen MR) is 97.1 cm³/mol. The number of hydrogen-bond acceptors (Lipinski definition) is 3. The fourth-order valence-electron chi connectivity index (χ4n) is 2.61. The molecule has 0 aliphatic rings. The first-order chi connectivity index (χ1) is 10.9. The van der Waals surface area contributed by atoms with Crippen LogP contribution < -0.4 is 4.74 Å². The van der Waals surface area contributed by atoms with Crippen LogP contribution >= 0.6 is 0 Å². The van der Waals surface area contributed by atoms with E-state index in [0.717, 1.165) is 24.0 Å². The number of aromatic hydroxyl groups is 1. The summed E-state index contributed by atoms with van der Waals surface area (Å²) < 4.78 is 5.79. The molecular weight excluding hydrogens is 304 g/mol. The van der Waals surface area contributed by atoms with Gasteiger partial charge in [0, 0.05) is 11.1 Å². The highest BCUT2D eigenvalue weighted by Crippen LogP contribution is 2.41. The van der Waals surface area contributed by atoms with Gasteiger partial charge in [0.25, 0.3) is 0 Å². The number of carboxylic acids is 1. The van der Waals surface area contributed by atoms with Crippen LogP contribution in [0.1, 0.15) is 78.9 Å². The first-order valence-electron chi connectivity index (χ1n) is 8.65. The highest BCUT2D eigenvalue weighted by atomic mass is 16.5. The molecule has 0 aliphatic heterocycles. The lowest BCUT2D eigenvalue weighted by atomic mass is 9.79. The Hall–Kier alpha value is -1.71. The molecule has 0 heterocycles. The highest BCUT2D eigenvalue weighted by Gasteiger charge is 2.28. The molecule has 1 rings (SSSR count). The minimum atomic E-state index is -0.953. The molecular formula is C20H32O4. The molecule has 0 saturated heterocycles. The summed E-state index contributed by atoms with van der Waals surface area (Å²) in [5.74, 6) is -0.180. The van der Waals surface area contributed by atoms with E-state index in [1.807, 2.05) is 48.5 Å². The van der Waals surface area contributed by atoms with Crippen molar-refractivity contribution in [3.63, 3.8) is 0 Å². The number of phenols is 1. The van der Waals surface area contributed by atoms with Crippen molar-refractivity contribution in [1.82, 2.24) is 0 Å². The van der Waals surface area contributed by atoms with E-state index >= 15 is 0 Å². The van der Waals surface area contributed by atoms with Gasteiger partial charge in [-0.05, 0) is 35.8 Å². The lowest BCUT2D eigenvalue weighted by molar-refractivity contribution is -0.145. The number of carbonyl (C=O) groups is 1. The van der Waals surface area contributed by atoms with Crippen molar-refractivity contribution >= 4 is 5.97 Å². The number of ether oxygens (including phenoxy) is 1. The van der Waals surface area contributed by atoms with E-state index in [1.165, 1.54) is 0 Å². The molecule has 0 amide bonds. The molecule has 1 aromatic carbocycles. The summed E-state index contributed by atoms with van der Waals surface area (Å²) in [4.78, 5) is 11.5. The van der Waals surface area contributed by atoms with Crippen LogP contribution in [-0.4, -0.2) is 22.3 Å². The van der Waals surface area contributed by atoms with Gasteiger partial charge in [0.2, 0.25) is 0 Å². The van der Waals surface area contributed by atoms with Crippen LogP contribution in [0.5, 0.6) is 11.5 Å². The zero-order valence-electron chi connectivity index (χ0n) is 16.1. The third-order valence-corrected chi connectivity index (χ3v) is 4.07. The van der Waals surface area contributed by atoms with Crippen molar-refractivity contribution in [2.24, 2.45) is 0 Å². The second-order valence-corrected chi connectivity index (χ2v) is 8.45. The van der Waals surface area contributed by atoms with Crippen molar-refractivity contribution in [2.75, 3.05) is 0 Å². The zero-order valence-corrected chi connectivity index (χ0v) is 16.1. The van der Waals surface area contributed by atoms with E-state index in [2.05, 4.69) is 0 Å². The molecule has 0 bridgehead atoms. The maximum Gasteiger partial charge on any atom is 0.344 e. The number of aliphatic carboxylic acids is 1. The van der Waals surface area contributed by atoms with Crippen LogP contribution in [0, 0.1) is 0 Å². The molecule has 0 saturated carbocycles. The quantitative estimate of drug-likeness (QED) is 0.766. The van der Waals surface area contributed by atoms with E-state index < -0.39 is 12.1 Å². The second kappa shape index (κ2) is 7.45. The summed E-state index contributed by atoms with van der Waals surface area (Å²) in [6.45, 7) is 14.1. The van der Waals surface area contributed by atoms with E-state index in [4.69, 9.17) is 4.74 Å². The molecule has 24 heavy (non-hydrogen) atoms. The molecule has 136 valence electrons. The molecule has 4 nitrogen and oxygen atoms in total. The fourth-order valence-corrected chi connectivity index (χ4v) is 2.61. The number of hydrogen-bond donors (Lipinski definition) is 2. The molecule has 0 aromatic heterocycles. The van der Waals surface area contributed by atoms with Crippen LogP contribution in [0.3, 0.4) is 0 Å². The number of phenolic OH excluding ortho intramolecular Hbond substituents is 1. The average Bonchev–Trinajstić information content (AvgIpc) is 2.41. The van der Waals surface area contributed by atoms with Gasteiger partial charge in [-0.1, -0.05) is 54.9 Å². The molecule has 0 unspecified atom stereocenters. The summed E-state index contributed by atoms with van der Waals surface area (Å²) in [6.07, 6.45) is 1.33. The van der Waals surface area contributed by atoms with Crippen LogP contribution in [-0.2, 0) is 15.6 Å². The number of unbranched alkanes of at least 4 members (excludes halogenated alkanes) is 1. The largest absolute Gasteiger partial charge is 0.507 e. The molecule has 0 spiro atoms. The monoisotopic (exact) mass is 336 g/mol. The first-order valence-corrected chi connectivity index (χ1v) is 8.65. The average molecular weight is 336 g/mol. The smallest absolute Gasteiger partial charge is 0.344 e. The third kappa shape index (κ3) is 5.15. The highest BCUT2D eigenvalue weighted by molar-refractivity contribution is 5.72. The Labute approximate surface area is 145 Å². The Morgan fingerprint density at radius 2 is 1.54 bits per heavy atom. The van der Waals surface area contributed by atoms with Crippen molar-refractivity contribution in [1.29, 1.82) is 0 Å². The van der Waals surface area contributed by atoms with E-state index in [-0.39, 0.29) is 16.6 Å². The van der Waals surface area contributed by atoms with Gasteiger partial charge in [0.15, 0.2) is 6.10 Å². The van der Waals surface area contributed by atoms with Gasteiger partial charge in [-0.2, -0.15) is 0 Å². The number of carboxylic acid groups (broad SMARTS) is 1. The molecule has 0 aliphatic carbocycles. The summed E-state index contributed by atoms with van der Waals surface area (Å²) in [6, 6.07) is 3.54. The lowest BCUT2D eigenvalue weighted by Gasteiger charge is -2.28. The summed E-state index contributed by atoms with van der Waals surface area (Å²) in [5.41, 5.74) is 0.992. The Kier molecular flexibility index (Phi) is 6.32. The maximum absolute atomic E-state index is 11.5. The van der Waals surface area contributed by atoms with Gasteiger partial charge in [-0.3, -0.25) is 0 Å². The standard InChI is InChI=1S/C20H32O4/c1-8-9-10-16(18(22)23)24-13-11-14(19(2,3)4)17(21)15(12-13)20(5,6)7/h11-12,16,21H,8-10H2,1-7H3,(H,22,23)/t16-/m1/s1. The van der Waals surface area contributed by atoms with Gasteiger partial charge in [0.05, 0.1) is 0 Å². The van der Waals surface area contributed by atoms with Crippen LogP contribution in [0.4, 0.5) is 0 Å². The van der Waals surface area contributed by atoms with Crippen LogP contribution in [0.2, 0.25) is 0 Å². The fraction of sp³-hybridized carbons (Fsp3) is 0.650. The minimum absolute atomic E-state index is 0.266. The predicted octanol–water partition coefficient (Wildman–Crippen LogP) is 5.01. The Balaban J connectivity index is 3.35. The normalized spacial score (nSPS) is 13.6. The molecule has 0 fully saturated rings. The van der Waals surface area contributed by atoms with Gasteiger partial charge in [0.1, 0.15) is 11.5 Å². The van der Waals surface area contributed by atoms with E-state index in [0.29, 0.717) is 12.2 Å². The Morgan fingerprint density at radius 3 is 1.88 bits per heavy atom. The number of benzene rings is 1. The molecule has 1 atom stereocenters. The lowest BCUT2D eigenvalue weighted by Crippen LogP contribution is -2.27. The summed E-state index contributed by atoms with van der Waals surface area (Å²) in [5, 5.41) is 20.1. The summed E-state index contributed by atoms with van der Waals surface area (Å²) >= 11 is 0. The second-order valence-electron chi connectivity index (χ2n) is 8.45. The topological polar surface area (TPSA) is 66.8 Å². The molecule has 4 heteroatoms. The van der Waals surface area contributed by atoms with E-state index in [1.54, 1.807) is 12.1 Å². The molecule has 1 aromatic rings. The van der Waals surface area contributed by atoms with Gasteiger partial charge >= 0.3 is 5.97 Å². The van der Waals surface area contributed by atoms with Crippen molar-refractivity contribution < 1.29 is 19.7 Å². The first kappa shape index (κ1) is 20.3. The Bertz CT molecular complexity index is 541. The van der Waals surface area contributed by atoms with Crippen molar-refractivity contribution in [2.45, 2.75) is 84.7 Å². The van der Waals surface area contributed by atoms with E-state index in [9.17, 15) is 15.0 Å². The maximum atomic E-state index is 11.5. The van der Waals surface area contributed by atoms with Gasteiger partial charge in [-0.15, -0.1) is 0 Å². The Morgan fingerprint density at radius 1 is 1.08 bits per heavy atom. The van der Waals surface area contributed by atoms with Crippen molar-refractivity contribution in [3.05, 3.63) is 23.3 Å². The SMILES string of the molecule is CCCC[C@@H](Oc1cc(C(C)(C)C)c(O)c(C(C)(C)C)c1)C(=O)O. The van der Waals surface area contributed by atoms with Gasteiger partial charge in [-0.25, -0.2) is 4.79 Å². The third-order valence-electron chi connectivity index (χ3n) is 4.07. The summed E-state index contributed by atoms with van der Waals surface area (Å²) in [7, 11) is 0. The minimum Gasteiger partial charge on any atom is -0.507 e. The molecule has 0 radical (unpaired) electrons. The molecule has 2 N–H and O–H groups in total. The van der Waals surface area contributed by atoms with Gasteiger partial charge < -0.3 is 14.9 Å². The van der Waals surface area contributed by atoms with Crippen LogP contribution in [0.15, 0.2) is 12.1 Å². The van der Waals surface area contributed by atoms with Crippen molar-refractivity contribution in [3.8, 4) is 11.5 Å². The zero-order chi connectivity index (χ0) is 18.7. The number of rotatable bonds is 6.